The second-order valence-electron chi connectivity index (χ2n) is 3.76. The Kier molecular flexibility index (Phi) is 4.17. The molecule has 2 aromatic rings. The summed E-state index contributed by atoms with van der Waals surface area (Å²) >= 11 is 1.66. The number of aromatic nitrogens is 2. The van der Waals surface area contributed by atoms with Gasteiger partial charge in [0.1, 0.15) is 0 Å². The number of hydrogen-bond acceptors (Lipinski definition) is 5. The number of nitrogens with zero attached hydrogens (tertiary/aromatic N) is 2. The molecule has 0 bridgehead atoms. The van der Waals surface area contributed by atoms with Crippen LogP contribution in [0.3, 0.4) is 0 Å². The molecule has 5 heteroatoms. The predicted octanol–water partition coefficient (Wildman–Crippen LogP) is 2.29. The lowest BCUT2D eigenvalue weighted by molar-refractivity contribution is 0.181. The van der Waals surface area contributed by atoms with E-state index in [9.17, 15) is 5.11 Å². The van der Waals surface area contributed by atoms with Crippen molar-refractivity contribution in [2.24, 2.45) is 0 Å². The van der Waals surface area contributed by atoms with E-state index >= 15 is 0 Å². The fraction of sp³-hybridized carbons (Fsp3) is 0.333. The molecule has 1 unspecified atom stereocenters. The van der Waals surface area contributed by atoms with Gasteiger partial charge in [-0.25, -0.2) is 0 Å². The van der Waals surface area contributed by atoms with Crippen molar-refractivity contribution < 1.29 is 9.63 Å². The van der Waals surface area contributed by atoms with Crippen LogP contribution < -0.4 is 0 Å². The molecule has 0 saturated carbocycles. The zero-order valence-corrected chi connectivity index (χ0v) is 10.4. The van der Waals surface area contributed by atoms with Crippen LogP contribution in [0.5, 0.6) is 0 Å². The van der Waals surface area contributed by atoms with E-state index in [1.165, 1.54) is 4.90 Å². The molecule has 0 amide bonds. The number of rotatable bonds is 5. The van der Waals surface area contributed by atoms with Gasteiger partial charge in [-0.1, -0.05) is 23.4 Å². The minimum absolute atomic E-state index is 0.406. The van der Waals surface area contributed by atoms with Crippen molar-refractivity contribution in [2.75, 3.05) is 0 Å². The minimum Gasteiger partial charge on any atom is -0.393 e. The molecule has 1 N–H and O–H groups in total. The molecule has 0 fully saturated rings. The van der Waals surface area contributed by atoms with Crippen molar-refractivity contribution in [2.45, 2.75) is 30.1 Å². The second-order valence-corrected chi connectivity index (χ2v) is 4.81. The van der Waals surface area contributed by atoms with E-state index in [-0.39, 0.29) is 0 Å². The van der Waals surface area contributed by atoms with Crippen molar-refractivity contribution >= 4 is 11.8 Å². The average Bonchev–Trinajstić information content (AvgIpc) is 2.75. The zero-order valence-electron chi connectivity index (χ0n) is 9.54. The normalized spacial score (nSPS) is 12.6. The van der Waals surface area contributed by atoms with Gasteiger partial charge in [0.05, 0.1) is 18.3 Å². The van der Waals surface area contributed by atoms with Gasteiger partial charge in [0.15, 0.2) is 5.82 Å². The third-order valence-electron chi connectivity index (χ3n) is 2.09. The molecular weight excluding hydrogens is 236 g/mol. The molecule has 0 radical (unpaired) electrons. The smallest absolute Gasteiger partial charge is 0.229 e. The Morgan fingerprint density at radius 1 is 1.35 bits per heavy atom. The topological polar surface area (TPSA) is 59.2 Å². The summed E-state index contributed by atoms with van der Waals surface area (Å²) in [6.07, 6.45) is -0.0479. The van der Waals surface area contributed by atoms with Crippen LogP contribution in [0.1, 0.15) is 18.6 Å². The summed E-state index contributed by atoms with van der Waals surface area (Å²) in [4.78, 5) is 5.38. The first-order valence-corrected chi connectivity index (χ1v) is 6.40. The first-order chi connectivity index (χ1) is 8.24. The molecular formula is C12H14N2O2S. The van der Waals surface area contributed by atoms with E-state index < -0.39 is 6.10 Å². The van der Waals surface area contributed by atoms with Gasteiger partial charge >= 0.3 is 0 Å². The first-order valence-electron chi connectivity index (χ1n) is 5.41. The van der Waals surface area contributed by atoms with E-state index in [1.807, 2.05) is 30.3 Å². The summed E-state index contributed by atoms with van der Waals surface area (Å²) in [7, 11) is 0. The molecule has 0 aliphatic heterocycles. The highest BCUT2D eigenvalue weighted by Crippen LogP contribution is 2.20. The lowest BCUT2D eigenvalue weighted by Gasteiger charge is -1.97. The summed E-state index contributed by atoms with van der Waals surface area (Å²) in [5.74, 6) is 1.83. The number of benzene rings is 1. The summed E-state index contributed by atoms with van der Waals surface area (Å²) in [6.45, 7) is 1.70. The maximum atomic E-state index is 9.19. The van der Waals surface area contributed by atoms with Crippen molar-refractivity contribution in [3.63, 3.8) is 0 Å². The highest BCUT2D eigenvalue weighted by Gasteiger charge is 2.08. The maximum absolute atomic E-state index is 9.19. The van der Waals surface area contributed by atoms with Crippen LogP contribution in [0.2, 0.25) is 0 Å². The lowest BCUT2D eigenvalue weighted by Crippen LogP contribution is -2.04. The van der Waals surface area contributed by atoms with E-state index in [2.05, 4.69) is 10.1 Å². The Morgan fingerprint density at radius 2 is 2.12 bits per heavy atom. The zero-order chi connectivity index (χ0) is 12.1. The number of aliphatic hydroxyl groups excluding tert-OH is 1. The fourth-order valence-electron chi connectivity index (χ4n) is 1.35. The van der Waals surface area contributed by atoms with E-state index in [0.717, 1.165) is 0 Å². The van der Waals surface area contributed by atoms with E-state index in [1.54, 1.807) is 18.7 Å². The molecule has 90 valence electrons. The second kappa shape index (κ2) is 5.84. The molecule has 0 spiro atoms. The number of thioether (sulfide) groups is 1. The highest BCUT2D eigenvalue weighted by atomic mass is 32.2. The van der Waals surface area contributed by atoms with Gasteiger partial charge in [-0.15, -0.1) is 11.8 Å². The number of aliphatic hydroxyl groups is 1. The van der Waals surface area contributed by atoms with Crippen LogP contribution in [0.4, 0.5) is 0 Å². The van der Waals surface area contributed by atoms with Crippen molar-refractivity contribution in [3.05, 3.63) is 42.0 Å². The molecule has 0 aliphatic rings. The Balaban J connectivity index is 1.89. The van der Waals surface area contributed by atoms with Crippen LogP contribution in [0.25, 0.3) is 0 Å². The quantitative estimate of drug-likeness (QED) is 0.825. The van der Waals surface area contributed by atoms with Gasteiger partial charge in [-0.2, -0.15) is 4.98 Å². The molecule has 0 saturated heterocycles. The molecule has 17 heavy (non-hydrogen) atoms. The summed E-state index contributed by atoms with van der Waals surface area (Å²) in [6, 6.07) is 10.1. The Morgan fingerprint density at radius 3 is 2.82 bits per heavy atom. The van der Waals surface area contributed by atoms with Crippen LogP contribution in [-0.2, 0) is 12.2 Å². The monoisotopic (exact) mass is 250 g/mol. The standard InChI is InChI=1S/C12H14N2O2S/c1-9(15)7-12-13-11(14-16-12)8-17-10-5-3-2-4-6-10/h2-6,9,15H,7-8H2,1H3. The molecule has 1 heterocycles. The average molecular weight is 250 g/mol. The van der Waals surface area contributed by atoms with Gasteiger partial charge in [-0.05, 0) is 19.1 Å². The molecule has 1 atom stereocenters. The van der Waals surface area contributed by atoms with Crippen LogP contribution >= 0.6 is 11.8 Å². The third kappa shape index (κ3) is 3.87. The van der Waals surface area contributed by atoms with Gasteiger partial charge in [0, 0.05) is 4.90 Å². The van der Waals surface area contributed by atoms with Gasteiger partial charge < -0.3 is 9.63 Å². The Hall–Kier alpha value is -1.33. The first kappa shape index (κ1) is 12.1. The minimum atomic E-state index is -0.454. The SMILES string of the molecule is CC(O)Cc1nc(CSc2ccccc2)no1. The highest BCUT2D eigenvalue weighted by molar-refractivity contribution is 7.98. The van der Waals surface area contributed by atoms with E-state index in [4.69, 9.17) is 4.52 Å². The fourth-order valence-corrected chi connectivity index (χ4v) is 2.11. The van der Waals surface area contributed by atoms with Gasteiger partial charge in [0.2, 0.25) is 5.89 Å². The Labute approximate surface area is 104 Å². The molecule has 2 rings (SSSR count). The van der Waals surface area contributed by atoms with Crippen molar-refractivity contribution in [3.8, 4) is 0 Å². The maximum Gasteiger partial charge on any atom is 0.229 e. The lowest BCUT2D eigenvalue weighted by atomic mass is 10.3. The van der Waals surface area contributed by atoms with Gasteiger partial charge in [0.25, 0.3) is 0 Å². The molecule has 1 aromatic carbocycles. The predicted molar refractivity (Wildman–Crippen MR) is 65.7 cm³/mol. The Bertz CT molecular complexity index is 457. The van der Waals surface area contributed by atoms with E-state index in [0.29, 0.717) is 23.9 Å². The van der Waals surface area contributed by atoms with Gasteiger partial charge in [-0.3, -0.25) is 0 Å². The van der Waals surface area contributed by atoms with Crippen LogP contribution in [0, 0.1) is 0 Å². The number of hydrogen-bond donors (Lipinski definition) is 1. The molecule has 0 aliphatic carbocycles. The summed E-state index contributed by atoms with van der Waals surface area (Å²) in [5, 5.41) is 13.1. The molecule has 4 nitrogen and oxygen atoms in total. The van der Waals surface area contributed by atoms with Crippen LogP contribution in [-0.4, -0.2) is 21.4 Å². The van der Waals surface area contributed by atoms with Crippen molar-refractivity contribution in [1.29, 1.82) is 0 Å². The largest absolute Gasteiger partial charge is 0.393 e. The summed E-state index contributed by atoms with van der Waals surface area (Å²) < 4.78 is 5.03. The summed E-state index contributed by atoms with van der Waals surface area (Å²) in [5.41, 5.74) is 0. The van der Waals surface area contributed by atoms with Crippen molar-refractivity contribution in [1.82, 2.24) is 10.1 Å². The third-order valence-corrected chi connectivity index (χ3v) is 3.10. The van der Waals surface area contributed by atoms with Crippen LogP contribution in [0.15, 0.2) is 39.8 Å². The molecule has 1 aromatic heterocycles.